The lowest BCUT2D eigenvalue weighted by molar-refractivity contribution is 0.562. The lowest BCUT2D eigenvalue weighted by atomic mass is 10.2. The second-order valence-electron chi connectivity index (χ2n) is 6.17. The summed E-state index contributed by atoms with van der Waals surface area (Å²) in [6, 6.07) is 9.40. The van der Waals surface area contributed by atoms with Gasteiger partial charge in [0.15, 0.2) is 5.82 Å². The van der Waals surface area contributed by atoms with Crippen molar-refractivity contribution in [3.05, 3.63) is 76.4 Å². The first-order chi connectivity index (χ1) is 13.4. The second-order valence-corrected chi connectivity index (χ2v) is 8.03. The zero-order valence-electron chi connectivity index (χ0n) is 14.6. The van der Waals surface area contributed by atoms with Crippen molar-refractivity contribution >= 4 is 20.6 Å². The summed E-state index contributed by atoms with van der Waals surface area (Å²) in [4.78, 5) is 16.9. The predicted molar refractivity (Wildman–Crippen MR) is 98.1 cm³/mol. The van der Waals surface area contributed by atoms with Crippen LogP contribution >= 0.6 is 0 Å². The molecule has 0 spiro atoms. The van der Waals surface area contributed by atoms with Crippen LogP contribution in [0.25, 0.3) is 10.8 Å². The molecule has 4 rings (SSSR count). The molecule has 0 aliphatic rings. The topological polar surface area (TPSA) is 111 Å². The number of benzene rings is 1. The Kier molecular flexibility index (Phi) is 4.27. The highest BCUT2D eigenvalue weighted by molar-refractivity contribution is 7.91. The molecule has 28 heavy (non-hydrogen) atoms. The van der Waals surface area contributed by atoms with Crippen molar-refractivity contribution in [1.82, 2.24) is 25.0 Å². The molecule has 0 bridgehead atoms. The van der Waals surface area contributed by atoms with Crippen LogP contribution in [0.5, 0.6) is 0 Å². The van der Waals surface area contributed by atoms with E-state index in [2.05, 4.69) is 20.3 Å². The minimum Gasteiger partial charge on any atom is -0.281 e. The minimum absolute atomic E-state index is 0.176. The third kappa shape index (κ3) is 3.07. The van der Waals surface area contributed by atoms with Gasteiger partial charge in [-0.3, -0.25) is 14.9 Å². The molecule has 0 saturated carbocycles. The lowest BCUT2D eigenvalue weighted by Gasteiger charge is -2.08. The molecule has 1 aromatic carbocycles. The van der Waals surface area contributed by atoms with Crippen molar-refractivity contribution in [2.24, 2.45) is 0 Å². The third-order valence-electron chi connectivity index (χ3n) is 4.21. The van der Waals surface area contributed by atoms with Crippen LogP contribution < -0.4 is 5.56 Å². The zero-order valence-corrected chi connectivity index (χ0v) is 15.4. The van der Waals surface area contributed by atoms with Gasteiger partial charge in [0.25, 0.3) is 5.56 Å². The van der Waals surface area contributed by atoms with Gasteiger partial charge in [-0.2, -0.15) is 10.2 Å². The number of rotatable bonds is 4. The van der Waals surface area contributed by atoms with Crippen molar-refractivity contribution in [3.63, 3.8) is 0 Å². The second kappa shape index (κ2) is 6.64. The Morgan fingerprint density at radius 3 is 2.75 bits per heavy atom. The van der Waals surface area contributed by atoms with Gasteiger partial charge in [0, 0.05) is 11.1 Å². The molecule has 3 aromatic heterocycles. The Bertz CT molecular complexity index is 1360. The summed E-state index contributed by atoms with van der Waals surface area (Å²) < 4.78 is 40.0. The maximum atomic E-state index is 13.7. The van der Waals surface area contributed by atoms with E-state index < -0.39 is 20.7 Å². The van der Waals surface area contributed by atoms with Gasteiger partial charge in [0.05, 0.1) is 34.9 Å². The van der Waals surface area contributed by atoms with Crippen LogP contribution in [0.15, 0.2) is 63.5 Å². The zero-order chi connectivity index (χ0) is 19.9. The van der Waals surface area contributed by atoms with E-state index in [-0.39, 0.29) is 17.0 Å². The van der Waals surface area contributed by atoms with Crippen LogP contribution in [0.2, 0.25) is 0 Å². The van der Waals surface area contributed by atoms with Crippen molar-refractivity contribution in [3.8, 4) is 0 Å². The smallest absolute Gasteiger partial charge is 0.274 e. The van der Waals surface area contributed by atoms with Gasteiger partial charge < -0.3 is 0 Å². The Morgan fingerprint density at radius 1 is 1.21 bits per heavy atom. The molecule has 0 amide bonds. The molecule has 8 nitrogen and oxygen atoms in total. The number of aromatic nitrogens is 5. The number of nitrogens with one attached hydrogen (secondary N) is 1. The summed E-state index contributed by atoms with van der Waals surface area (Å²) in [6.07, 6.45) is 2.25. The molecule has 0 unspecified atom stereocenters. The van der Waals surface area contributed by atoms with Crippen molar-refractivity contribution in [2.45, 2.75) is 23.4 Å². The molecule has 0 radical (unpaired) electrons. The van der Waals surface area contributed by atoms with Gasteiger partial charge in [0.1, 0.15) is 0 Å². The lowest BCUT2D eigenvalue weighted by Crippen LogP contribution is -2.24. The van der Waals surface area contributed by atoms with Gasteiger partial charge in [-0.15, -0.1) is 0 Å². The monoisotopic (exact) mass is 399 g/mol. The predicted octanol–water partition coefficient (Wildman–Crippen LogP) is 1.84. The van der Waals surface area contributed by atoms with Crippen molar-refractivity contribution in [2.75, 3.05) is 0 Å². The Hall–Kier alpha value is -3.40. The maximum absolute atomic E-state index is 13.7. The molecule has 0 fully saturated rings. The van der Waals surface area contributed by atoms with Crippen molar-refractivity contribution in [1.29, 1.82) is 0 Å². The van der Waals surface area contributed by atoms with E-state index in [1.165, 1.54) is 29.1 Å². The minimum atomic E-state index is -4.16. The van der Waals surface area contributed by atoms with E-state index in [4.69, 9.17) is 0 Å². The summed E-state index contributed by atoms with van der Waals surface area (Å²) >= 11 is 0. The summed E-state index contributed by atoms with van der Waals surface area (Å²) in [5.74, 6) is -0.973. The van der Waals surface area contributed by atoms with Gasteiger partial charge in [-0.25, -0.2) is 17.5 Å². The van der Waals surface area contributed by atoms with Crippen LogP contribution in [0.4, 0.5) is 4.39 Å². The first-order valence-corrected chi connectivity index (χ1v) is 9.71. The average Bonchev–Trinajstić information content (AvgIpc) is 3.11. The normalized spacial score (nSPS) is 11.8. The Morgan fingerprint density at radius 2 is 2.04 bits per heavy atom. The number of hydrogen-bond acceptors (Lipinski definition) is 6. The van der Waals surface area contributed by atoms with Crippen LogP contribution in [-0.4, -0.2) is 33.4 Å². The summed E-state index contributed by atoms with van der Waals surface area (Å²) in [5.41, 5.74) is 1.13. The van der Waals surface area contributed by atoms with E-state index in [1.807, 2.05) is 19.1 Å². The fourth-order valence-electron chi connectivity index (χ4n) is 2.85. The van der Waals surface area contributed by atoms with Gasteiger partial charge in [-0.1, -0.05) is 6.07 Å². The molecule has 0 saturated heterocycles. The number of sulfone groups is 1. The van der Waals surface area contributed by atoms with Gasteiger partial charge in [0.2, 0.25) is 14.9 Å². The van der Waals surface area contributed by atoms with Crippen LogP contribution in [-0.2, 0) is 16.4 Å². The fourth-order valence-corrected chi connectivity index (χ4v) is 4.09. The largest absolute Gasteiger partial charge is 0.281 e. The summed E-state index contributed by atoms with van der Waals surface area (Å²) in [6.45, 7) is 2.04. The Balaban J connectivity index is 1.76. The number of aryl methyl sites for hydroxylation is 1. The third-order valence-corrected chi connectivity index (χ3v) is 5.88. The van der Waals surface area contributed by atoms with Crippen molar-refractivity contribution < 1.29 is 12.8 Å². The van der Waals surface area contributed by atoms with Gasteiger partial charge >= 0.3 is 0 Å². The number of pyridine rings is 1. The number of nitrogens with zero attached hydrogens (tertiary/aromatic N) is 4. The molecular weight excluding hydrogens is 385 g/mol. The molecule has 0 aliphatic carbocycles. The maximum Gasteiger partial charge on any atom is 0.274 e. The number of fused-ring (bicyclic) bond motifs is 1. The molecule has 0 aliphatic heterocycles. The highest BCUT2D eigenvalue weighted by atomic mass is 32.2. The molecule has 0 atom stereocenters. The van der Waals surface area contributed by atoms with Crippen LogP contribution in [0.1, 0.15) is 11.4 Å². The average molecular weight is 399 g/mol. The molecule has 142 valence electrons. The quantitative estimate of drug-likeness (QED) is 0.561. The fraction of sp³-hybridized carbons (Fsp3) is 0.111. The number of hydrogen-bond donors (Lipinski definition) is 1. The molecule has 3 heterocycles. The number of aromatic amines is 1. The number of H-pyrrole nitrogens is 1. The van der Waals surface area contributed by atoms with E-state index >= 15 is 0 Å². The standard InChI is InChI=1S/C18H14FN5O3S/c1-11-3-2-4-13(22-11)10-24-18(25)15-6-5-14(7-12(15)8-21-24)28(26,27)17-16(19)9-20-23-17/h2-9H,10H2,1H3,(H,20,23). The van der Waals surface area contributed by atoms with Crippen LogP contribution in [0, 0.1) is 12.7 Å². The highest BCUT2D eigenvalue weighted by Gasteiger charge is 2.25. The van der Waals surface area contributed by atoms with E-state index in [9.17, 15) is 17.6 Å². The van der Waals surface area contributed by atoms with E-state index in [0.29, 0.717) is 16.5 Å². The molecule has 4 aromatic rings. The first-order valence-electron chi connectivity index (χ1n) is 8.23. The van der Waals surface area contributed by atoms with Gasteiger partial charge in [-0.05, 0) is 37.3 Å². The van der Waals surface area contributed by atoms with Crippen LogP contribution in [0.3, 0.4) is 0 Å². The highest BCUT2D eigenvalue weighted by Crippen LogP contribution is 2.23. The molecule has 1 N–H and O–H groups in total. The van der Waals surface area contributed by atoms with E-state index in [0.717, 1.165) is 11.9 Å². The first kappa shape index (κ1) is 18.0. The summed E-state index contributed by atoms with van der Waals surface area (Å²) in [7, 11) is -4.16. The summed E-state index contributed by atoms with van der Waals surface area (Å²) in [5, 5.41) is 9.67. The molecule has 10 heteroatoms. The molecular formula is C18H14FN5O3S. The van der Waals surface area contributed by atoms with E-state index in [1.54, 1.807) is 6.07 Å². The SMILES string of the molecule is Cc1cccc(Cn2ncc3cc(S(=O)(=O)c4n[nH]cc4F)ccc3c2=O)n1. The Labute approximate surface area is 158 Å². The number of halogens is 1.